The van der Waals surface area contributed by atoms with Crippen molar-refractivity contribution in [2.24, 2.45) is 0 Å². The van der Waals surface area contributed by atoms with Gasteiger partial charge in [-0.3, -0.25) is 0 Å². The summed E-state index contributed by atoms with van der Waals surface area (Å²) in [7, 11) is 0. The zero-order valence-electron chi connectivity index (χ0n) is 9.03. The van der Waals surface area contributed by atoms with E-state index < -0.39 is 6.09 Å². The Morgan fingerprint density at radius 1 is 1.47 bits per heavy atom. The number of benzene rings is 1. The lowest BCUT2D eigenvalue weighted by molar-refractivity contribution is 0.139. The lowest BCUT2D eigenvalue weighted by Gasteiger charge is -2.24. The molecular formula is C12H11ClN2O2. The number of nitrogens with one attached hydrogen (secondary N) is 1. The van der Waals surface area contributed by atoms with Gasteiger partial charge in [-0.1, -0.05) is 17.7 Å². The first kappa shape index (κ1) is 10.5. The highest BCUT2D eigenvalue weighted by Crippen LogP contribution is 2.29. The molecule has 0 aliphatic carbocycles. The molecular weight excluding hydrogens is 240 g/mol. The van der Waals surface area contributed by atoms with Gasteiger partial charge >= 0.3 is 6.09 Å². The molecule has 0 bridgehead atoms. The number of hydrogen-bond acceptors (Lipinski definition) is 1. The van der Waals surface area contributed by atoms with Gasteiger partial charge in [0.1, 0.15) is 0 Å². The quantitative estimate of drug-likeness (QED) is 0.755. The molecule has 0 atom stereocenters. The normalized spacial score (nSPS) is 15.0. The highest BCUT2D eigenvalue weighted by Gasteiger charge is 2.23. The van der Waals surface area contributed by atoms with E-state index in [1.807, 2.05) is 18.2 Å². The summed E-state index contributed by atoms with van der Waals surface area (Å²) in [5, 5.41) is 10.8. The van der Waals surface area contributed by atoms with Gasteiger partial charge < -0.3 is 15.0 Å². The third-order valence-electron chi connectivity index (χ3n) is 3.21. The van der Waals surface area contributed by atoms with Crippen molar-refractivity contribution in [3.63, 3.8) is 0 Å². The van der Waals surface area contributed by atoms with Crippen LogP contribution in [-0.4, -0.2) is 27.6 Å². The van der Waals surface area contributed by atoms with Crippen LogP contribution in [0.25, 0.3) is 10.9 Å². The smallest absolute Gasteiger partial charge is 0.407 e. The molecule has 17 heavy (non-hydrogen) atoms. The van der Waals surface area contributed by atoms with Crippen LogP contribution < -0.4 is 0 Å². The molecule has 2 aromatic rings. The molecule has 0 fully saturated rings. The van der Waals surface area contributed by atoms with Crippen LogP contribution in [0, 0.1) is 0 Å². The maximum Gasteiger partial charge on any atom is 0.407 e. The number of halogens is 1. The number of fused-ring (bicyclic) bond motifs is 3. The van der Waals surface area contributed by atoms with Gasteiger partial charge in [-0.25, -0.2) is 4.79 Å². The maximum absolute atomic E-state index is 10.9. The Bertz CT molecular complexity index is 606. The number of nitrogens with zero attached hydrogens (tertiary/aromatic N) is 1. The third kappa shape index (κ3) is 1.65. The Balaban J connectivity index is 2.09. The van der Waals surface area contributed by atoms with E-state index in [1.54, 1.807) is 0 Å². The van der Waals surface area contributed by atoms with E-state index in [1.165, 1.54) is 10.5 Å². The molecule has 1 aliphatic heterocycles. The van der Waals surface area contributed by atoms with E-state index in [9.17, 15) is 4.79 Å². The molecule has 3 rings (SSSR count). The predicted octanol–water partition coefficient (Wildman–Crippen LogP) is 2.86. The van der Waals surface area contributed by atoms with E-state index >= 15 is 0 Å². The monoisotopic (exact) mass is 250 g/mol. The molecule has 0 spiro atoms. The van der Waals surface area contributed by atoms with Crippen LogP contribution in [0.1, 0.15) is 11.3 Å². The van der Waals surface area contributed by atoms with Gasteiger partial charge in [0.25, 0.3) is 0 Å². The fraction of sp³-hybridized carbons (Fsp3) is 0.250. The fourth-order valence-electron chi connectivity index (χ4n) is 2.38. The summed E-state index contributed by atoms with van der Waals surface area (Å²) < 4.78 is 0. The predicted molar refractivity (Wildman–Crippen MR) is 65.4 cm³/mol. The Hall–Kier alpha value is -1.68. The maximum atomic E-state index is 10.9. The van der Waals surface area contributed by atoms with Crippen LogP contribution in [0.3, 0.4) is 0 Å². The number of carboxylic acid groups (broad SMARTS) is 1. The van der Waals surface area contributed by atoms with Crippen molar-refractivity contribution in [2.75, 3.05) is 6.54 Å². The second kappa shape index (κ2) is 3.67. The van der Waals surface area contributed by atoms with Crippen LogP contribution in [0.15, 0.2) is 18.2 Å². The second-order valence-electron chi connectivity index (χ2n) is 4.23. The zero-order chi connectivity index (χ0) is 12.0. The van der Waals surface area contributed by atoms with Crippen molar-refractivity contribution in [1.82, 2.24) is 9.88 Å². The largest absolute Gasteiger partial charge is 0.465 e. The van der Waals surface area contributed by atoms with Crippen molar-refractivity contribution in [1.29, 1.82) is 0 Å². The second-order valence-corrected chi connectivity index (χ2v) is 4.66. The molecule has 0 saturated carbocycles. The fourth-order valence-corrected chi connectivity index (χ4v) is 2.56. The van der Waals surface area contributed by atoms with Crippen molar-refractivity contribution in [3.8, 4) is 0 Å². The van der Waals surface area contributed by atoms with Crippen LogP contribution in [0.4, 0.5) is 4.79 Å². The first-order chi connectivity index (χ1) is 8.15. The zero-order valence-corrected chi connectivity index (χ0v) is 9.79. The first-order valence-electron chi connectivity index (χ1n) is 5.42. The SMILES string of the molecule is O=C(O)N1CCc2c([nH]c3cc(Cl)ccc23)C1. The molecule has 2 heterocycles. The molecule has 0 unspecified atom stereocenters. The summed E-state index contributed by atoms with van der Waals surface area (Å²) in [5.74, 6) is 0. The van der Waals surface area contributed by atoms with Crippen LogP contribution in [-0.2, 0) is 13.0 Å². The van der Waals surface area contributed by atoms with Crippen LogP contribution in [0.2, 0.25) is 5.02 Å². The summed E-state index contributed by atoms with van der Waals surface area (Å²) >= 11 is 5.94. The molecule has 1 aromatic carbocycles. The Morgan fingerprint density at radius 3 is 3.06 bits per heavy atom. The van der Waals surface area contributed by atoms with E-state index in [0.717, 1.165) is 23.0 Å². The summed E-state index contributed by atoms with van der Waals surface area (Å²) in [5.41, 5.74) is 3.18. The molecule has 1 aliphatic rings. The Kier molecular flexibility index (Phi) is 2.26. The minimum atomic E-state index is -0.868. The lowest BCUT2D eigenvalue weighted by Crippen LogP contribution is -2.34. The Morgan fingerprint density at radius 2 is 2.29 bits per heavy atom. The van der Waals surface area contributed by atoms with E-state index in [2.05, 4.69) is 4.98 Å². The van der Waals surface area contributed by atoms with Crippen LogP contribution in [0.5, 0.6) is 0 Å². The van der Waals surface area contributed by atoms with Gasteiger partial charge in [0.15, 0.2) is 0 Å². The molecule has 0 radical (unpaired) electrons. The number of H-pyrrole nitrogens is 1. The number of rotatable bonds is 0. The van der Waals surface area contributed by atoms with E-state index in [0.29, 0.717) is 18.1 Å². The number of carbonyl (C=O) groups is 1. The molecule has 88 valence electrons. The van der Waals surface area contributed by atoms with Crippen molar-refractivity contribution >= 4 is 28.6 Å². The highest BCUT2D eigenvalue weighted by atomic mass is 35.5. The van der Waals surface area contributed by atoms with E-state index in [4.69, 9.17) is 16.7 Å². The average molecular weight is 251 g/mol. The molecule has 1 aromatic heterocycles. The Labute approximate surface area is 103 Å². The molecule has 5 heteroatoms. The average Bonchev–Trinajstić information content (AvgIpc) is 2.64. The summed E-state index contributed by atoms with van der Waals surface area (Å²) in [6, 6.07) is 5.73. The van der Waals surface area contributed by atoms with Crippen molar-refractivity contribution in [2.45, 2.75) is 13.0 Å². The lowest BCUT2D eigenvalue weighted by atomic mass is 10.0. The highest BCUT2D eigenvalue weighted by molar-refractivity contribution is 6.31. The summed E-state index contributed by atoms with van der Waals surface area (Å²) in [4.78, 5) is 15.6. The van der Waals surface area contributed by atoms with Gasteiger partial charge in [-0.15, -0.1) is 0 Å². The minimum absolute atomic E-state index is 0.428. The van der Waals surface area contributed by atoms with Crippen LogP contribution >= 0.6 is 11.6 Å². The number of aromatic nitrogens is 1. The van der Waals surface area contributed by atoms with Gasteiger partial charge in [-0.05, 0) is 24.1 Å². The molecule has 0 saturated heterocycles. The summed E-state index contributed by atoms with van der Waals surface area (Å²) in [6.45, 7) is 0.981. The number of amides is 1. The number of aromatic amines is 1. The van der Waals surface area contributed by atoms with E-state index in [-0.39, 0.29) is 0 Å². The third-order valence-corrected chi connectivity index (χ3v) is 3.44. The molecule has 1 amide bonds. The van der Waals surface area contributed by atoms with Gasteiger partial charge in [0, 0.05) is 28.2 Å². The number of hydrogen-bond donors (Lipinski definition) is 2. The molecule has 4 nitrogen and oxygen atoms in total. The standard InChI is InChI=1S/C12H11ClN2O2/c13-7-1-2-8-9-3-4-15(12(16)17)6-11(9)14-10(8)5-7/h1-2,5,14H,3-4,6H2,(H,16,17). The van der Waals surface area contributed by atoms with Gasteiger partial charge in [0.2, 0.25) is 0 Å². The summed E-state index contributed by atoms with van der Waals surface area (Å²) in [6.07, 6.45) is -0.115. The molecule has 2 N–H and O–H groups in total. The minimum Gasteiger partial charge on any atom is -0.465 e. The topological polar surface area (TPSA) is 56.3 Å². The van der Waals surface area contributed by atoms with Gasteiger partial charge in [0.05, 0.1) is 6.54 Å². The van der Waals surface area contributed by atoms with Crippen molar-refractivity contribution < 1.29 is 9.90 Å². The first-order valence-corrected chi connectivity index (χ1v) is 5.80. The van der Waals surface area contributed by atoms with Gasteiger partial charge in [-0.2, -0.15) is 0 Å². The van der Waals surface area contributed by atoms with Crippen molar-refractivity contribution in [3.05, 3.63) is 34.5 Å².